The predicted octanol–water partition coefficient (Wildman–Crippen LogP) is -7.44. The number of carbonyl (C=O) groups is 1. The van der Waals surface area contributed by atoms with E-state index in [4.69, 9.17) is 51.7 Å². The van der Waals surface area contributed by atoms with Gasteiger partial charge in [0.05, 0.1) is 43.5 Å². The number of carbonyl (C=O) groups excluding carboxylic acids is 1. The van der Waals surface area contributed by atoms with E-state index in [9.17, 15) is 30.3 Å². The number of aliphatic hydroxyl groups is 6. The summed E-state index contributed by atoms with van der Waals surface area (Å²) in [5.41, 5.74) is 23.8. The van der Waals surface area contributed by atoms with Crippen LogP contribution in [0.3, 0.4) is 0 Å². The molecule has 244 valence electrons. The number of nitrogens with one attached hydrogen (secondary N) is 2. The van der Waals surface area contributed by atoms with Gasteiger partial charge in [0.15, 0.2) is 18.9 Å². The van der Waals surface area contributed by atoms with Gasteiger partial charge in [0.1, 0.15) is 42.7 Å². The Morgan fingerprint density at radius 3 is 2.24 bits per heavy atom. The summed E-state index contributed by atoms with van der Waals surface area (Å²) in [6, 6.07) is -5.05. The number of amides is 1. The first kappa shape index (κ1) is 33.7. The highest BCUT2D eigenvalue weighted by molar-refractivity contribution is 5.81. The third kappa shape index (κ3) is 7.04. The Bertz CT molecular complexity index is 895. The Morgan fingerprint density at radius 1 is 0.881 bits per heavy atom. The summed E-state index contributed by atoms with van der Waals surface area (Å²) in [7, 11) is 1.56. The number of likely N-dealkylation sites (N-methyl/N-ethyl adjacent to an activating group) is 1. The molecule has 18 heteroatoms. The van der Waals surface area contributed by atoms with Crippen LogP contribution in [0.5, 0.6) is 0 Å². The second kappa shape index (κ2) is 14.3. The summed E-state index contributed by atoms with van der Waals surface area (Å²) in [6.07, 6.45) is -12.0. The van der Waals surface area contributed by atoms with Crippen LogP contribution in [0.25, 0.3) is 0 Å². The normalized spacial score (nSPS) is 48.7. The van der Waals surface area contributed by atoms with Crippen LogP contribution in [0.15, 0.2) is 0 Å². The number of nitrogens with two attached hydrogens (primary N) is 4. The van der Waals surface area contributed by atoms with E-state index in [0.717, 1.165) is 0 Å². The molecule has 4 aliphatic rings. The van der Waals surface area contributed by atoms with Crippen molar-refractivity contribution in [2.24, 2.45) is 22.9 Å². The molecule has 16 N–H and O–H groups in total. The smallest absolute Gasteiger partial charge is 0.239 e. The molecule has 3 aliphatic heterocycles. The zero-order chi connectivity index (χ0) is 30.9. The first-order valence-corrected chi connectivity index (χ1v) is 14.1. The minimum atomic E-state index is -1.36. The average molecular weight is 611 g/mol. The van der Waals surface area contributed by atoms with E-state index in [-0.39, 0.29) is 19.3 Å². The number of ether oxygens (including phenoxy) is 5. The molecule has 17 atom stereocenters. The quantitative estimate of drug-likeness (QED) is 0.115. The van der Waals surface area contributed by atoms with Crippen LogP contribution >= 0.6 is 0 Å². The van der Waals surface area contributed by atoms with Crippen molar-refractivity contribution < 1.29 is 59.1 Å². The second-order valence-electron chi connectivity index (χ2n) is 11.4. The van der Waals surface area contributed by atoms with E-state index in [1.54, 1.807) is 7.05 Å². The molecule has 4 rings (SSSR count). The fraction of sp³-hybridized carbons (Fsp3) is 0.958. The molecule has 0 aromatic carbocycles. The standard InChI is InChI=1S/C24H46N6O12/c1-29-15-17(35)20-13(3-9(27)22(41-20)40-19-8(26)2-7(25)16(34)18(19)36)38-24(15)42-23-12(33)4-11(14(6-32)39-23)30-21(37)10(28)5-31/h7-20,22-24,29,31-36H,2-6,25-28H2,1H3,(H,30,37)/t7-,8?,9?,10-,11+,12-,13+,14?,15?,16?,17?,18?,19-,20?,22+,23-,24?/m1/s1. The van der Waals surface area contributed by atoms with Gasteiger partial charge in [-0.15, -0.1) is 0 Å². The highest BCUT2D eigenvalue weighted by atomic mass is 16.8. The van der Waals surface area contributed by atoms with Crippen LogP contribution in [-0.2, 0) is 28.5 Å². The van der Waals surface area contributed by atoms with E-state index in [0.29, 0.717) is 0 Å². The molecule has 4 fully saturated rings. The number of hydrogen-bond donors (Lipinski definition) is 12. The lowest BCUT2D eigenvalue weighted by Crippen LogP contribution is -2.69. The van der Waals surface area contributed by atoms with E-state index in [2.05, 4.69) is 10.6 Å². The van der Waals surface area contributed by atoms with Gasteiger partial charge in [0, 0.05) is 18.5 Å². The molecule has 18 nitrogen and oxygen atoms in total. The molecule has 1 saturated carbocycles. The van der Waals surface area contributed by atoms with Crippen LogP contribution in [0.2, 0.25) is 0 Å². The van der Waals surface area contributed by atoms with Gasteiger partial charge in [-0.1, -0.05) is 0 Å². The van der Waals surface area contributed by atoms with Gasteiger partial charge in [-0.3, -0.25) is 4.79 Å². The number of hydrogen-bond acceptors (Lipinski definition) is 17. The zero-order valence-electron chi connectivity index (χ0n) is 23.3. The number of fused-ring (bicyclic) bond motifs is 1. The fourth-order valence-electron chi connectivity index (χ4n) is 5.92. The van der Waals surface area contributed by atoms with Crippen molar-refractivity contribution in [3.8, 4) is 0 Å². The summed E-state index contributed by atoms with van der Waals surface area (Å²) in [6.45, 7) is -1.10. The molecule has 42 heavy (non-hydrogen) atoms. The van der Waals surface area contributed by atoms with Gasteiger partial charge in [0.2, 0.25) is 5.91 Å². The lowest BCUT2D eigenvalue weighted by molar-refractivity contribution is -0.367. The Morgan fingerprint density at radius 2 is 1.60 bits per heavy atom. The molecular formula is C24H46N6O12. The highest BCUT2D eigenvalue weighted by Gasteiger charge is 2.53. The SMILES string of the molecule is CNC1C(O[C@H]2OC(CO)[C@@H](NC(=O)[C@H](N)CO)C[C@H]2O)O[C@H]2CC(N)[C@@H](O[C@@H]3C(N)C[C@@H](N)C(O)C3O)OC2C1O. The lowest BCUT2D eigenvalue weighted by atomic mass is 9.84. The topological polar surface area (TPSA) is 313 Å². The largest absolute Gasteiger partial charge is 0.394 e. The Labute approximate surface area is 242 Å². The summed E-state index contributed by atoms with van der Waals surface area (Å²) in [4.78, 5) is 12.1. The minimum Gasteiger partial charge on any atom is -0.394 e. The van der Waals surface area contributed by atoms with E-state index >= 15 is 0 Å². The van der Waals surface area contributed by atoms with Crippen molar-refractivity contribution in [1.29, 1.82) is 0 Å². The molecule has 9 unspecified atom stereocenters. The number of aliphatic hydroxyl groups excluding tert-OH is 6. The Kier molecular flexibility index (Phi) is 11.5. The predicted molar refractivity (Wildman–Crippen MR) is 141 cm³/mol. The van der Waals surface area contributed by atoms with Gasteiger partial charge in [0.25, 0.3) is 0 Å². The molecule has 3 saturated heterocycles. The maximum atomic E-state index is 12.1. The highest BCUT2D eigenvalue weighted by Crippen LogP contribution is 2.35. The zero-order valence-corrected chi connectivity index (χ0v) is 23.3. The maximum Gasteiger partial charge on any atom is 0.239 e. The molecule has 0 bridgehead atoms. The molecule has 1 amide bonds. The van der Waals surface area contributed by atoms with Crippen LogP contribution in [0, 0.1) is 0 Å². The molecule has 0 spiro atoms. The van der Waals surface area contributed by atoms with Gasteiger partial charge in [-0.25, -0.2) is 0 Å². The number of rotatable bonds is 9. The van der Waals surface area contributed by atoms with Crippen LogP contribution in [0.1, 0.15) is 19.3 Å². The van der Waals surface area contributed by atoms with E-state index < -0.39 is 123 Å². The van der Waals surface area contributed by atoms with Gasteiger partial charge in [-0.2, -0.15) is 0 Å². The summed E-state index contributed by atoms with van der Waals surface area (Å²) < 4.78 is 29.7. The second-order valence-corrected chi connectivity index (χ2v) is 11.4. The molecule has 0 aromatic rings. The van der Waals surface area contributed by atoms with Crippen molar-refractivity contribution in [3.05, 3.63) is 0 Å². The summed E-state index contributed by atoms with van der Waals surface area (Å²) in [5.74, 6) is -0.674. The van der Waals surface area contributed by atoms with Crippen LogP contribution < -0.4 is 33.6 Å². The Balaban J connectivity index is 1.39. The van der Waals surface area contributed by atoms with Gasteiger partial charge in [-0.05, 0) is 19.9 Å². The molecule has 1 aliphatic carbocycles. The molecule has 0 radical (unpaired) electrons. The van der Waals surface area contributed by atoms with Crippen LogP contribution in [0.4, 0.5) is 0 Å². The third-order valence-corrected chi connectivity index (χ3v) is 8.41. The van der Waals surface area contributed by atoms with Crippen molar-refractivity contribution in [1.82, 2.24) is 10.6 Å². The lowest BCUT2D eigenvalue weighted by Gasteiger charge is -2.51. The maximum absolute atomic E-state index is 12.1. The van der Waals surface area contributed by atoms with Crippen molar-refractivity contribution in [3.63, 3.8) is 0 Å². The molecule has 3 heterocycles. The first-order chi connectivity index (χ1) is 19.9. The van der Waals surface area contributed by atoms with Crippen molar-refractivity contribution >= 4 is 5.91 Å². The fourth-order valence-corrected chi connectivity index (χ4v) is 5.92. The Hall–Kier alpha value is -1.17. The van der Waals surface area contributed by atoms with Gasteiger partial charge < -0.3 is 87.9 Å². The minimum absolute atomic E-state index is 0.0624. The van der Waals surface area contributed by atoms with Crippen molar-refractivity contribution in [2.45, 2.75) is 123 Å². The summed E-state index contributed by atoms with van der Waals surface area (Å²) in [5, 5.41) is 67.1. The molecule has 0 aromatic heterocycles. The van der Waals surface area contributed by atoms with Crippen LogP contribution in [-0.4, -0.2) is 161 Å². The third-order valence-electron chi connectivity index (χ3n) is 8.41. The average Bonchev–Trinajstić information content (AvgIpc) is 2.95. The van der Waals surface area contributed by atoms with Gasteiger partial charge >= 0.3 is 0 Å². The first-order valence-electron chi connectivity index (χ1n) is 14.1. The molecular weight excluding hydrogens is 564 g/mol. The van der Waals surface area contributed by atoms with E-state index in [1.165, 1.54) is 0 Å². The van der Waals surface area contributed by atoms with Crippen molar-refractivity contribution in [2.75, 3.05) is 20.3 Å². The summed E-state index contributed by atoms with van der Waals surface area (Å²) >= 11 is 0. The van der Waals surface area contributed by atoms with E-state index in [1.807, 2.05) is 0 Å². The monoisotopic (exact) mass is 610 g/mol.